The predicted molar refractivity (Wildman–Crippen MR) is 117 cm³/mol. The van der Waals surface area contributed by atoms with Gasteiger partial charge in [0.05, 0.1) is 6.42 Å². The van der Waals surface area contributed by atoms with E-state index in [-0.39, 0.29) is 12.3 Å². The average molecular weight is 432 g/mol. The maximum absolute atomic E-state index is 12.8. The van der Waals surface area contributed by atoms with Crippen molar-refractivity contribution in [2.24, 2.45) is 0 Å². The molecule has 3 heterocycles. The highest BCUT2D eigenvalue weighted by Gasteiger charge is 2.27. The number of aromatic nitrogens is 1. The highest BCUT2D eigenvalue weighted by molar-refractivity contribution is 7.91. The van der Waals surface area contributed by atoms with E-state index < -0.39 is 10.0 Å². The molecule has 1 N–H and O–H groups in total. The second-order valence-corrected chi connectivity index (χ2v) is 10.6. The zero-order valence-electron chi connectivity index (χ0n) is 16.4. The van der Waals surface area contributed by atoms with Crippen LogP contribution >= 0.6 is 11.3 Å². The maximum Gasteiger partial charge on any atom is 0.252 e. The quantitative estimate of drug-likeness (QED) is 0.639. The molecule has 8 heteroatoms. The Morgan fingerprint density at radius 2 is 1.90 bits per heavy atom. The molecule has 4 rings (SSSR count). The Hall–Kier alpha value is -2.16. The number of hydrogen-bond donors (Lipinski definition) is 1. The van der Waals surface area contributed by atoms with E-state index in [1.54, 1.807) is 16.4 Å². The smallest absolute Gasteiger partial charge is 0.252 e. The predicted octanol–water partition coefficient (Wildman–Crippen LogP) is 4.08. The average Bonchev–Trinajstić information content (AvgIpc) is 3.35. The molecular formula is C21H25N3O3S2. The second-order valence-electron chi connectivity index (χ2n) is 7.29. The van der Waals surface area contributed by atoms with Crippen molar-refractivity contribution in [3.63, 3.8) is 0 Å². The van der Waals surface area contributed by atoms with Crippen LogP contribution in [0.1, 0.15) is 31.1 Å². The SMILES string of the molecule is CCn1ccc2cc(NC(=O)Cc3ccc(S(=O)(=O)N4CCCCC4)s3)ccc21. The molecular weight excluding hydrogens is 406 g/mol. The van der Waals surface area contributed by atoms with E-state index in [1.165, 1.54) is 11.3 Å². The minimum Gasteiger partial charge on any atom is -0.348 e. The van der Waals surface area contributed by atoms with Crippen molar-refractivity contribution in [1.82, 2.24) is 8.87 Å². The highest BCUT2D eigenvalue weighted by atomic mass is 32.2. The van der Waals surface area contributed by atoms with Crippen LogP contribution < -0.4 is 5.32 Å². The zero-order valence-corrected chi connectivity index (χ0v) is 18.1. The van der Waals surface area contributed by atoms with Gasteiger partial charge in [-0.2, -0.15) is 4.31 Å². The second kappa shape index (κ2) is 8.30. The molecule has 29 heavy (non-hydrogen) atoms. The molecule has 1 fully saturated rings. The van der Waals surface area contributed by atoms with Gasteiger partial charge in [-0.05, 0) is 56.2 Å². The first kappa shape index (κ1) is 20.1. The molecule has 1 saturated heterocycles. The number of amides is 1. The number of fused-ring (bicyclic) bond motifs is 1. The Labute approximate surface area is 175 Å². The van der Waals surface area contributed by atoms with Crippen molar-refractivity contribution in [2.75, 3.05) is 18.4 Å². The zero-order chi connectivity index (χ0) is 20.4. The molecule has 3 aromatic rings. The van der Waals surface area contributed by atoms with Gasteiger partial charge in [-0.15, -0.1) is 11.3 Å². The molecule has 1 amide bonds. The van der Waals surface area contributed by atoms with Gasteiger partial charge in [0.25, 0.3) is 10.0 Å². The number of aryl methyl sites for hydroxylation is 1. The lowest BCUT2D eigenvalue weighted by atomic mass is 10.2. The topological polar surface area (TPSA) is 71.4 Å². The monoisotopic (exact) mass is 431 g/mol. The van der Waals surface area contributed by atoms with Gasteiger partial charge in [0.15, 0.2) is 0 Å². The standard InChI is InChI=1S/C21H25N3O3S2/c1-2-23-13-10-16-14-17(6-8-19(16)23)22-20(25)15-18-7-9-21(28-18)29(26,27)24-11-4-3-5-12-24/h6-10,13-14H,2-5,11-12,15H2,1H3,(H,22,25). The molecule has 0 saturated carbocycles. The third kappa shape index (κ3) is 4.24. The van der Waals surface area contributed by atoms with Crippen LogP contribution in [0.25, 0.3) is 10.9 Å². The molecule has 1 aliphatic heterocycles. The number of carbonyl (C=O) groups is 1. The lowest BCUT2D eigenvalue weighted by Crippen LogP contribution is -2.35. The van der Waals surface area contributed by atoms with Gasteiger partial charge < -0.3 is 9.88 Å². The summed E-state index contributed by atoms with van der Waals surface area (Å²) in [5.74, 6) is -0.150. The van der Waals surface area contributed by atoms with E-state index in [0.717, 1.165) is 47.3 Å². The van der Waals surface area contributed by atoms with Gasteiger partial charge in [-0.3, -0.25) is 4.79 Å². The number of carbonyl (C=O) groups excluding carboxylic acids is 1. The third-order valence-electron chi connectivity index (χ3n) is 5.28. The lowest BCUT2D eigenvalue weighted by molar-refractivity contribution is -0.115. The highest BCUT2D eigenvalue weighted by Crippen LogP contribution is 2.28. The van der Waals surface area contributed by atoms with Crippen LogP contribution in [0.2, 0.25) is 0 Å². The molecule has 1 aliphatic rings. The Morgan fingerprint density at radius 3 is 2.66 bits per heavy atom. The van der Waals surface area contributed by atoms with Crippen LogP contribution in [0.15, 0.2) is 46.8 Å². The van der Waals surface area contributed by atoms with E-state index >= 15 is 0 Å². The Kier molecular flexibility index (Phi) is 5.76. The summed E-state index contributed by atoms with van der Waals surface area (Å²) < 4.78 is 29.6. The summed E-state index contributed by atoms with van der Waals surface area (Å²) in [5.41, 5.74) is 1.88. The fourth-order valence-electron chi connectivity index (χ4n) is 3.74. The van der Waals surface area contributed by atoms with Gasteiger partial charge in [0, 0.05) is 47.3 Å². The molecule has 0 spiro atoms. The van der Waals surface area contributed by atoms with Crippen LogP contribution in [-0.4, -0.2) is 36.3 Å². The lowest BCUT2D eigenvalue weighted by Gasteiger charge is -2.25. The molecule has 2 aromatic heterocycles. The van der Waals surface area contributed by atoms with Crippen molar-refractivity contribution in [3.8, 4) is 0 Å². The number of rotatable bonds is 6. The van der Waals surface area contributed by atoms with Crippen molar-refractivity contribution in [1.29, 1.82) is 0 Å². The van der Waals surface area contributed by atoms with Crippen molar-refractivity contribution in [3.05, 3.63) is 47.5 Å². The number of nitrogens with one attached hydrogen (secondary N) is 1. The maximum atomic E-state index is 12.8. The number of nitrogens with zero attached hydrogens (tertiary/aromatic N) is 2. The minimum absolute atomic E-state index is 0.150. The largest absolute Gasteiger partial charge is 0.348 e. The summed E-state index contributed by atoms with van der Waals surface area (Å²) >= 11 is 1.19. The summed E-state index contributed by atoms with van der Waals surface area (Å²) in [7, 11) is -3.44. The van der Waals surface area contributed by atoms with E-state index in [9.17, 15) is 13.2 Å². The summed E-state index contributed by atoms with van der Waals surface area (Å²) in [6.45, 7) is 4.16. The molecule has 0 aliphatic carbocycles. The van der Waals surface area contributed by atoms with Gasteiger partial charge in [-0.25, -0.2) is 8.42 Å². The van der Waals surface area contributed by atoms with E-state index in [2.05, 4.69) is 16.8 Å². The summed E-state index contributed by atoms with van der Waals surface area (Å²) in [4.78, 5) is 13.2. The summed E-state index contributed by atoms with van der Waals surface area (Å²) in [5, 5.41) is 4.00. The number of benzene rings is 1. The Morgan fingerprint density at radius 1 is 1.10 bits per heavy atom. The molecule has 6 nitrogen and oxygen atoms in total. The Bertz CT molecular complexity index is 1130. The first-order valence-corrected chi connectivity index (χ1v) is 12.2. The number of hydrogen-bond acceptors (Lipinski definition) is 4. The fraction of sp³-hybridized carbons (Fsp3) is 0.381. The van der Waals surface area contributed by atoms with Gasteiger partial charge in [0.2, 0.25) is 5.91 Å². The number of sulfonamides is 1. The van der Waals surface area contributed by atoms with Crippen LogP contribution in [0.4, 0.5) is 5.69 Å². The van der Waals surface area contributed by atoms with Crippen LogP contribution in [0.5, 0.6) is 0 Å². The van der Waals surface area contributed by atoms with Gasteiger partial charge >= 0.3 is 0 Å². The normalized spacial score (nSPS) is 15.6. The van der Waals surface area contributed by atoms with E-state index in [1.807, 2.05) is 30.5 Å². The molecule has 0 bridgehead atoms. The first-order valence-electron chi connectivity index (χ1n) is 9.95. The van der Waals surface area contributed by atoms with Gasteiger partial charge in [0.1, 0.15) is 4.21 Å². The number of thiophene rings is 1. The molecule has 1 aromatic carbocycles. The number of piperidine rings is 1. The van der Waals surface area contributed by atoms with Crippen molar-refractivity contribution >= 4 is 43.9 Å². The third-order valence-corrected chi connectivity index (χ3v) is 8.73. The minimum atomic E-state index is -3.44. The van der Waals surface area contributed by atoms with E-state index in [0.29, 0.717) is 17.3 Å². The van der Waals surface area contributed by atoms with Crippen molar-refractivity contribution < 1.29 is 13.2 Å². The first-order chi connectivity index (χ1) is 14.0. The molecule has 0 radical (unpaired) electrons. The van der Waals surface area contributed by atoms with Crippen LogP contribution in [0.3, 0.4) is 0 Å². The molecule has 0 atom stereocenters. The molecule has 154 valence electrons. The van der Waals surface area contributed by atoms with E-state index in [4.69, 9.17) is 0 Å². The molecule has 0 unspecified atom stereocenters. The van der Waals surface area contributed by atoms with Crippen molar-refractivity contribution in [2.45, 2.75) is 43.4 Å². The number of anilines is 1. The fourth-order valence-corrected chi connectivity index (χ4v) is 6.77. The van der Waals surface area contributed by atoms with Gasteiger partial charge in [-0.1, -0.05) is 6.42 Å². The summed E-state index contributed by atoms with van der Waals surface area (Å²) in [6.07, 6.45) is 5.09. The van der Waals surface area contributed by atoms with Crippen LogP contribution in [-0.2, 0) is 27.8 Å². The van der Waals surface area contributed by atoms with Crippen LogP contribution in [0, 0.1) is 0 Å². The Balaban J connectivity index is 1.42. The summed E-state index contributed by atoms with van der Waals surface area (Å²) in [6, 6.07) is 11.3.